The number of para-hydroxylation sites is 1. The quantitative estimate of drug-likeness (QED) is 0.156. The monoisotopic (exact) mass is 599 g/mol. The Kier molecular flexibility index (Phi) is 14.8. The van der Waals surface area contributed by atoms with E-state index in [1.54, 1.807) is 11.3 Å². The number of piperidine rings is 1. The van der Waals surface area contributed by atoms with E-state index in [0.29, 0.717) is 30.9 Å². The number of thiazole rings is 1. The molecule has 4 rings (SSSR count). The van der Waals surface area contributed by atoms with E-state index in [2.05, 4.69) is 39.5 Å². The van der Waals surface area contributed by atoms with Crippen LogP contribution < -0.4 is 10.1 Å². The predicted octanol–water partition coefficient (Wildman–Crippen LogP) is 4.20. The standard InChI is InChI=1S/C21H25N3OS.2C4H4O4/c1-4-12-24(13-5-1)16-17-7-6-8-18(15-17)25-14-11-22-21-23-19-9-2-3-10-20(19)26-21;2*5-3(6)1-2-4(7)8/h2-3,6-10,15H,1,4-5,11-14,16H2,(H,22,23);2*1-2H,(H,5,6)(H,7,8)/b;2*2-1-. The smallest absolute Gasteiger partial charge is 0.328 e. The summed E-state index contributed by atoms with van der Waals surface area (Å²) >= 11 is 1.68. The zero-order chi connectivity index (χ0) is 30.7. The number of benzene rings is 2. The molecule has 0 aliphatic carbocycles. The van der Waals surface area contributed by atoms with E-state index in [1.165, 1.54) is 42.6 Å². The average molecular weight is 600 g/mol. The molecule has 1 aliphatic rings. The maximum Gasteiger partial charge on any atom is 0.328 e. The van der Waals surface area contributed by atoms with Gasteiger partial charge in [-0.25, -0.2) is 24.2 Å². The molecule has 0 amide bonds. The predicted molar refractivity (Wildman–Crippen MR) is 158 cm³/mol. The van der Waals surface area contributed by atoms with Gasteiger partial charge in [0.15, 0.2) is 5.13 Å². The second-order valence-corrected chi connectivity index (χ2v) is 9.80. The third-order valence-corrected chi connectivity index (χ3v) is 6.43. The van der Waals surface area contributed by atoms with Crippen LogP contribution in [-0.2, 0) is 25.7 Å². The first-order valence-electron chi connectivity index (χ1n) is 12.9. The molecule has 0 bridgehead atoms. The highest BCUT2D eigenvalue weighted by Crippen LogP contribution is 2.25. The number of likely N-dealkylation sites (tertiary alicyclic amines) is 1. The minimum Gasteiger partial charge on any atom is -0.492 e. The summed E-state index contributed by atoms with van der Waals surface area (Å²) in [7, 11) is 0. The van der Waals surface area contributed by atoms with Gasteiger partial charge >= 0.3 is 23.9 Å². The lowest BCUT2D eigenvalue weighted by Crippen LogP contribution is -2.29. The Morgan fingerprint density at radius 2 is 1.43 bits per heavy atom. The van der Waals surface area contributed by atoms with Crippen molar-refractivity contribution in [2.45, 2.75) is 25.8 Å². The van der Waals surface area contributed by atoms with Crippen LogP contribution in [0.25, 0.3) is 10.2 Å². The minimum atomic E-state index is -1.26. The fourth-order valence-electron chi connectivity index (χ4n) is 3.67. The van der Waals surface area contributed by atoms with Crippen molar-refractivity contribution in [3.8, 4) is 5.75 Å². The number of carboxylic acid groups (broad SMARTS) is 4. The van der Waals surface area contributed by atoms with Crippen LogP contribution in [-0.4, -0.2) is 80.4 Å². The third-order valence-electron chi connectivity index (χ3n) is 5.43. The molecule has 0 atom stereocenters. The van der Waals surface area contributed by atoms with Gasteiger partial charge in [-0.05, 0) is 55.8 Å². The molecule has 13 heteroatoms. The molecular weight excluding hydrogens is 566 g/mol. The molecule has 224 valence electrons. The summed E-state index contributed by atoms with van der Waals surface area (Å²) in [6.07, 6.45) is 6.26. The Morgan fingerprint density at radius 3 is 2.00 bits per heavy atom. The largest absolute Gasteiger partial charge is 0.492 e. The van der Waals surface area contributed by atoms with Crippen molar-refractivity contribution in [1.82, 2.24) is 9.88 Å². The third kappa shape index (κ3) is 14.6. The molecule has 5 N–H and O–H groups in total. The molecule has 0 spiro atoms. The Morgan fingerprint density at radius 1 is 0.833 bits per heavy atom. The molecule has 1 aliphatic heterocycles. The fraction of sp³-hybridized carbons (Fsp3) is 0.276. The number of nitrogens with one attached hydrogen (secondary N) is 1. The molecule has 1 aromatic heterocycles. The Bertz CT molecular complexity index is 1280. The van der Waals surface area contributed by atoms with Crippen LogP contribution >= 0.6 is 11.3 Å². The molecule has 0 saturated carbocycles. The summed E-state index contributed by atoms with van der Waals surface area (Å²) in [6, 6.07) is 16.7. The lowest BCUT2D eigenvalue weighted by molar-refractivity contribution is -0.134. The highest BCUT2D eigenvalue weighted by atomic mass is 32.1. The molecule has 1 saturated heterocycles. The van der Waals surface area contributed by atoms with Gasteiger partial charge in [0.2, 0.25) is 0 Å². The van der Waals surface area contributed by atoms with Crippen LogP contribution in [0.15, 0.2) is 72.8 Å². The van der Waals surface area contributed by atoms with Crippen molar-refractivity contribution in [3.63, 3.8) is 0 Å². The molecule has 2 aromatic carbocycles. The van der Waals surface area contributed by atoms with Gasteiger partial charge in [0.1, 0.15) is 12.4 Å². The van der Waals surface area contributed by atoms with Crippen LogP contribution in [0.5, 0.6) is 5.75 Å². The summed E-state index contributed by atoms with van der Waals surface area (Å²) < 4.78 is 7.14. The van der Waals surface area contributed by atoms with Gasteiger partial charge in [0, 0.05) is 30.8 Å². The van der Waals surface area contributed by atoms with Crippen molar-refractivity contribution in [3.05, 3.63) is 78.4 Å². The van der Waals surface area contributed by atoms with Gasteiger partial charge in [-0.2, -0.15) is 0 Å². The van der Waals surface area contributed by atoms with Gasteiger partial charge in [-0.15, -0.1) is 0 Å². The number of rotatable bonds is 11. The maximum atomic E-state index is 9.55. The molecule has 42 heavy (non-hydrogen) atoms. The van der Waals surface area contributed by atoms with E-state index in [9.17, 15) is 19.2 Å². The number of hydrogen-bond donors (Lipinski definition) is 5. The average Bonchev–Trinajstić information content (AvgIpc) is 3.38. The zero-order valence-electron chi connectivity index (χ0n) is 22.7. The highest BCUT2D eigenvalue weighted by molar-refractivity contribution is 7.22. The van der Waals surface area contributed by atoms with E-state index in [4.69, 9.17) is 25.2 Å². The summed E-state index contributed by atoms with van der Waals surface area (Å²) in [5, 5.41) is 35.6. The first-order valence-corrected chi connectivity index (χ1v) is 13.8. The van der Waals surface area contributed by atoms with Gasteiger partial charge in [-0.3, -0.25) is 4.90 Å². The minimum absolute atomic E-state index is 0.558. The molecule has 0 unspecified atom stereocenters. The van der Waals surface area contributed by atoms with Gasteiger partial charge in [0.25, 0.3) is 0 Å². The summed E-state index contributed by atoms with van der Waals surface area (Å²) in [6.45, 7) is 4.84. The first-order chi connectivity index (χ1) is 20.1. The van der Waals surface area contributed by atoms with Crippen molar-refractivity contribution >= 4 is 50.6 Å². The summed E-state index contributed by atoms with van der Waals surface area (Å²) in [4.78, 5) is 45.3. The van der Waals surface area contributed by atoms with Crippen LogP contribution in [0.4, 0.5) is 5.13 Å². The number of hydrogen-bond acceptors (Lipinski definition) is 9. The number of nitrogens with zero attached hydrogens (tertiary/aromatic N) is 2. The van der Waals surface area contributed by atoms with E-state index in [-0.39, 0.29) is 0 Å². The second-order valence-electron chi connectivity index (χ2n) is 8.77. The number of fused-ring (bicyclic) bond motifs is 1. The molecule has 0 radical (unpaired) electrons. The van der Waals surface area contributed by atoms with E-state index < -0.39 is 23.9 Å². The van der Waals surface area contributed by atoms with E-state index >= 15 is 0 Å². The van der Waals surface area contributed by atoms with E-state index in [1.807, 2.05) is 24.3 Å². The van der Waals surface area contributed by atoms with Gasteiger partial charge in [-0.1, -0.05) is 42.0 Å². The zero-order valence-corrected chi connectivity index (χ0v) is 23.5. The molecule has 12 nitrogen and oxygen atoms in total. The van der Waals surface area contributed by atoms with Crippen molar-refractivity contribution in [2.24, 2.45) is 0 Å². The van der Waals surface area contributed by atoms with Crippen LogP contribution in [0.3, 0.4) is 0 Å². The number of anilines is 1. The highest BCUT2D eigenvalue weighted by Gasteiger charge is 2.10. The number of aromatic nitrogens is 1. The number of carbonyl (C=O) groups is 4. The molecule has 3 aromatic rings. The van der Waals surface area contributed by atoms with Gasteiger partial charge in [0.05, 0.1) is 16.8 Å². The SMILES string of the molecule is O=C(O)/C=C\C(=O)O.O=C(O)/C=C\C(=O)O.c1cc(CN2CCCCC2)cc(OCCNc2nc3ccccc3s2)c1. The Labute approximate surface area is 246 Å². The van der Waals surface area contributed by atoms with Crippen molar-refractivity contribution in [1.29, 1.82) is 0 Å². The van der Waals surface area contributed by atoms with Crippen molar-refractivity contribution < 1.29 is 44.3 Å². The Balaban J connectivity index is 0.000000319. The van der Waals surface area contributed by atoms with Gasteiger partial charge < -0.3 is 30.5 Å². The molecule has 2 heterocycles. The lowest BCUT2D eigenvalue weighted by Gasteiger charge is -2.26. The maximum absolute atomic E-state index is 9.55. The lowest BCUT2D eigenvalue weighted by atomic mass is 10.1. The Hall–Kier alpha value is -4.75. The molecular formula is C29H33N3O9S. The van der Waals surface area contributed by atoms with Crippen LogP contribution in [0, 0.1) is 0 Å². The number of carboxylic acids is 4. The summed E-state index contributed by atoms with van der Waals surface area (Å²) in [5.74, 6) is -4.08. The topological polar surface area (TPSA) is 187 Å². The normalized spacial score (nSPS) is 13.0. The second kappa shape index (κ2) is 18.6. The van der Waals surface area contributed by atoms with Crippen LogP contribution in [0.1, 0.15) is 24.8 Å². The number of aliphatic carboxylic acids is 4. The first kappa shape index (κ1) is 33.5. The van der Waals surface area contributed by atoms with Crippen LogP contribution in [0.2, 0.25) is 0 Å². The summed E-state index contributed by atoms with van der Waals surface area (Å²) in [5.41, 5.74) is 2.38. The van der Waals surface area contributed by atoms with Crippen molar-refractivity contribution in [2.75, 3.05) is 31.6 Å². The fourth-order valence-corrected chi connectivity index (χ4v) is 4.56. The number of ether oxygens (including phenoxy) is 1. The molecule has 1 fully saturated rings. The van der Waals surface area contributed by atoms with E-state index in [0.717, 1.165) is 29.5 Å².